The fraction of sp³-hybridized carbons (Fsp3) is 0.200. The molecule has 3 nitrogen and oxygen atoms in total. The third-order valence-corrected chi connectivity index (χ3v) is 7.70. The molecule has 0 spiro atoms. The molecule has 3 aromatic carbocycles. The molecule has 0 aliphatic carbocycles. The van der Waals surface area contributed by atoms with Gasteiger partial charge in [-0.05, 0) is 35.3 Å². The summed E-state index contributed by atoms with van der Waals surface area (Å²) in [7, 11) is -1.30. The van der Waals surface area contributed by atoms with Crippen molar-refractivity contribution in [2.45, 2.75) is 29.6 Å². The van der Waals surface area contributed by atoms with Gasteiger partial charge in [0, 0.05) is 11.9 Å². The molecule has 3 aromatic rings. The van der Waals surface area contributed by atoms with Gasteiger partial charge in [0.1, 0.15) is 0 Å². The summed E-state index contributed by atoms with van der Waals surface area (Å²) in [6, 6.07) is 29.2. The van der Waals surface area contributed by atoms with Crippen LogP contribution in [-0.2, 0) is 9.73 Å². The van der Waals surface area contributed by atoms with Crippen LogP contribution in [0.5, 0.6) is 0 Å². The van der Waals surface area contributed by atoms with Crippen LogP contribution in [0.15, 0.2) is 106 Å². The minimum absolute atomic E-state index is 0.484. The Morgan fingerprint density at radius 3 is 1.76 bits per heavy atom. The molecular weight excluding hydrogens is 378 g/mol. The molecule has 1 unspecified atom stereocenters. The summed E-state index contributed by atoms with van der Waals surface area (Å²) in [5, 5.41) is 10.3. The Morgan fingerprint density at radius 2 is 1.34 bits per heavy atom. The normalized spacial score (nSPS) is 15.0. The van der Waals surface area contributed by atoms with E-state index in [0.29, 0.717) is 11.3 Å². The molecule has 0 aliphatic rings. The number of nitrogens with zero attached hydrogens (tertiary/aromatic N) is 1. The van der Waals surface area contributed by atoms with Crippen molar-refractivity contribution >= 4 is 15.3 Å². The molecular formula is C25H27NO2S. The fourth-order valence-corrected chi connectivity index (χ4v) is 5.66. The minimum Gasteiger partial charge on any atom is -0.392 e. The summed E-state index contributed by atoms with van der Waals surface area (Å²) in [5.74, 6) is 0. The van der Waals surface area contributed by atoms with E-state index < -0.39 is 21.1 Å². The molecule has 0 saturated heterocycles. The topological polar surface area (TPSA) is 49.7 Å². The molecule has 0 fully saturated rings. The Kier molecular flexibility index (Phi) is 7.02. The van der Waals surface area contributed by atoms with Gasteiger partial charge >= 0.3 is 0 Å². The van der Waals surface area contributed by atoms with Crippen molar-refractivity contribution in [3.8, 4) is 0 Å². The Morgan fingerprint density at radius 1 is 0.897 bits per heavy atom. The molecule has 3 atom stereocenters. The molecule has 0 aliphatic heterocycles. The smallest absolute Gasteiger partial charge is 0.0922 e. The van der Waals surface area contributed by atoms with Crippen LogP contribution in [0.2, 0.25) is 0 Å². The second kappa shape index (κ2) is 9.68. The second-order valence-corrected chi connectivity index (χ2v) is 9.34. The lowest BCUT2D eigenvalue weighted by Gasteiger charge is -2.25. The molecule has 1 N–H and O–H groups in total. The zero-order chi connectivity index (χ0) is 20.7. The number of rotatable bonds is 7. The van der Waals surface area contributed by atoms with E-state index in [0.717, 1.165) is 16.7 Å². The molecule has 150 valence electrons. The highest BCUT2D eigenvalue weighted by molar-refractivity contribution is 7.94. The van der Waals surface area contributed by atoms with E-state index in [1.807, 2.05) is 104 Å². The first-order chi connectivity index (χ1) is 14.1. The van der Waals surface area contributed by atoms with Crippen LogP contribution in [0.3, 0.4) is 0 Å². The zero-order valence-corrected chi connectivity index (χ0v) is 17.6. The van der Waals surface area contributed by atoms with Gasteiger partial charge in [0.2, 0.25) is 0 Å². The van der Waals surface area contributed by atoms with Gasteiger partial charge in [-0.25, -0.2) is 8.57 Å². The largest absolute Gasteiger partial charge is 0.392 e. The monoisotopic (exact) mass is 405 g/mol. The van der Waals surface area contributed by atoms with Crippen LogP contribution >= 0.6 is 0 Å². The van der Waals surface area contributed by atoms with Crippen molar-refractivity contribution in [3.63, 3.8) is 0 Å². The van der Waals surface area contributed by atoms with Crippen LogP contribution in [0.25, 0.3) is 5.57 Å². The molecule has 4 heteroatoms. The fourth-order valence-electron chi connectivity index (χ4n) is 3.41. The van der Waals surface area contributed by atoms with Gasteiger partial charge in [-0.3, -0.25) is 0 Å². The maximum Gasteiger partial charge on any atom is 0.0922 e. The van der Waals surface area contributed by atoms with Crippen LogP contribution < -0.4 is 0 Å². The summed E-state index contributed by atoms with van der Waals surface area (Å²) in [6.07, 6.45) is 1.65. The molecule has 0 aromatic heterocycles. The Balaban J connectivity index is 2.24. The van der Waals surface area contributed by atoms with Crippen LogP contribution in [0.4, 0.5) is 0 Å². The molecule has 0 saturated carbocycles. The third-order valence-electron chi connectivity index (χ3n) is 5.02. The predicted octanol–water partition coefficient (Wildman–Crippen LogP) is 5.41. The third kappa shape index (κ3) is 4.66. The van der Waals surface area contributed by atoms with Crippen LogP contribution in [0.1, 0.15) is 24.5 Å². The van der Waals surface area contributed by atoms with E-state index in [1.165, 1.54) is 0 Å². The van der Waals surface area contributed by atoms with Crippen molar-refractivity contribution in [2.24, 2.45) is 4.36 Å². The van der Waals surface area contributed by atoms with Gasteiger partial charge < -0.3 is 5.11 Å². The second-order valence-electron chi connectivity index (χ2n) is 6.82. The molecule has 0 amide bonds. The molecule has 0 heterocycles. The van der Waals surface area contributed by atoms with Gasteiger partial charge in [-0.1, -0.05) is 91.9 Å². The molecule has 0 bridgehead atoms. The SMILES string of the molecule is CC[C@@H](O)[C@@H](C=C(c1ccccc1)c1ccccc1)S(=O)(=NC)c1ccccc1. The molecule has 29 heavy (non-hydrogen) atoms. The summed E-state index contributed by atoms with van der Waals surface area (Å²) in [6.45, 7) is 1.90. The van der Waals surface area contributed by atoms with Crippen molar-refractivity contribution in [2.75, 3.05) is 7.05 Å². The average Bonchev–Trinajstić information content (AvgIpc) is 2.80. The lowest BCUT2D eigenvalue weighted by atomic mass is 9.96. The Hall–Kier alpha value is -2.69. The maximum atomic E-state index is 14.1. The first-order valence-corrected chi connectivity index (χ1v) is 11.4. The van der Waals surface area contributed by atoms with Crippen molar-refractivity contribution < 1.29 is 9.32 Å². The van der Waals surface area contributed by atoms with E-state index in [-0.39, 0.29) is 0 Å². The van der Waals surface area contributed by atoms with Crippen LogP contribution in [0, 0.1) is 0 Å². The Labute approximate surface area is 173 Å². The molecule has 0 radical (unpaired) electrons. The van der Waals surface area contributed by atoms with Crippen LogP contribution in [-0.4, -0.2) is 27.7 Å². The first kappa shape index (κ1) is 21.0. The summed E-state index contributed by atoms with van der Waals surface area (Å²) in [4.78, 5) is 0.636. The highest BCUT2D eigenvalue weighted by Gasteiger charge is 2.30. The number of hydrogen-bond donors (Lipinski definition) is 1. The quantitative estimate of drug-likeness (QED) is 0.571. The molecule has 3 rings (SSSR count). The number of hydrogen-bond acceptors (Lipinski definition) is 3. The average molecular weight is 406 g/mol. The number of aliphatic hydroxyl groups excluding tert-OH is 1. The summed E-state index contributed by atoms with van der Waals surface area (Å²) >= 11 is 0. The van der Waals surface area contributed by atoms with Crippen molar-refractivity contribution in [1.29, 1.82) is 0 Å². The number of aliphatic hydroxyl groups is 1. The van der Waals surface area contributed by atoms with E-state index in [4.69, 9.17) is 0 Å². The standard InChI is InChI=1S/C25H27NO2S/c1-3-24(27)25(29(28,26-2)22-17-11-6-12-18-22)19-23(20-13-7-4-8-14-20)21-15-9-5-10-16-21/h4-19,24-25,27H,3H2,1-2H3/t24-,25-,29?/m1/s1. The zero-order valence-electron chi connectivity index (χ0n) is 16.8. The predicted molar refractivity (Wildman–Crippen MR) is 121 cm³/mol. The van der Waals surface area contributed by atoms with Gasteiger partial charge in [-0.2, -0.15) is 0 Å². The maximum absolute atomic E-state index is 14.1. The highest BCUT2D eigenvalue weighted by Crippen LogP contribution is 2.30. The van der Waals surface area contributed by atoms with Gasteiger partial charge in [-0.15, -0.1) is 0 Å². The number of benzene rings is 3. The summed E-state index contributed by atoms with van der Waals surface area (Å²) < 4.78 is 18.4. The van der Waals surface area contributed by atoms with Gasteiger partial charge in [0.05, 0.1) is 21.1 Å². The summed E-state index contributed by atoms with van der Waals surface area (Å²) in [5.41, 5.74) is 2.96. The lowest BCUT2D eigenvalue weighted by Crippen LogP contribution is -2.32. The van der Waals surface area contributed by atoms with Crippen molar-refractivity contribution in [3.05, 3.63) is 108 Å². The Bertz CT molecular complexity index is 1010. The van der Waals surface area contributed by atoms with Gasteiger partial charge in [0.15, 0.2) is 0 Å². The van der Waals surface area contributed by atoms with E-state index in [1.54, 1.807) is 7.05 Å². The van der Waals surface area contributed by atoms with Gasteiger partial charge in [0.25, 0.3) is 0 Å². The lowest BCUT2D eigenvalue weighted by molar-refractivity contribution is 0.177. The minimum atomic E-state index is -2.87. The van der Waals surface area contributed by atoms with E-state index >= 15 is 0 Å². The van der Waals surface area contributed by atoms with Crippen molar-refractivity contribution in [1.82, 2.24) is 0 Å². The van der Waals surface area contributed by atoms with E-state index in [9.17, 15) is 9.32 Å². The van der Waals surface area contributed by atoms with E-state index in [2.05, 4.69) is 4.36 Å². The first-order valence-electron chi connectivity index (χ1n) is 9.80. The highest BCUT2D eigenvalue weighted by atomic mass is 32.2.